The molecule has 0 radical (unpaired) electrons. The first-order valence-corrected chi connectivity index (χ1v) is 6.70. The largest absolute Gasteiger partial charge is 0.475 e. The van der Waals surface area contributed by atoms with Gasteiger partial charge >= 0.3 is 5.97 Å². The SMILES string of the molecule is Cc1ccc(C)n1NCc1c(C(=O)O)oc2ccccc12. The number of aryl methyl sites for hydroxylation is 2. The van der Waals surface area contributed by atoms with E-state index in [1.807, 2.05) is 48.9 Å². The molecule has 0 spiro atoms. The lowest BCUT2D eigenvalue weighted by molar-refractivity contribution is 0.0663. The van der Waals surface area contributed by atoms with E-state index in [9.17, 15) is 9.90 Å². The number of rotatable bonds is 4. The maximum absolute atomic E-state index is 11.4. The van der Waals surface area contributed by atoms with Gasteiger partial charge in [0.2, 0.25) is 5.76 Å². The van der Waals surface area contributed by atoms with Gasteiger partial charge in [0.25, 0.3) is 0 Å². The van der Waals surface area contributed by atoms with E-state index in [1.54, 1.807) is 6.07 Å². The molecule has 0 saturated heterocycles. The summed E-state index contributed by atoms with van der Waals surface area (Å²) in [6, 6.07) is 11.4. The molecule has 5 heteroatoms. The van der Waals surface area contributed by atoms with Crippen LogP contribution in [0.2, 0.25) is 0 Å². The number of aromatic nitrogens is 1. The van der Waals surface area contributed by atoms with E-state index in [0.717, 1.165) is 16.8 Å². The van der Waals surface area contributed by atoms with Crippen molar-refractivity contribution in [3.63, 3.8) is 0 Å². The van der Waals surface area contributed by atoms with E-state index in [1.165, 1.54) is 0 Å². The fourth-order valence-corrected chi connectivity index (χ4v) is 2.52. The van der Waals surface area contributed by atoms with Crippen molar-refractivity contribution in [2.75, 3.05) is 5.43 Å². The van der Waals surface area contributed by atoms with Crippen LogP contribution in [-0.2, 0) is 6.54 Å². The number of furan rings is 1. The number of aromatic carboxylic acids is 1. The molecule has 0 atom stereocenters. The summed E-state index contributed by atoms with van der Waals surface area (Å²) >= 11 is 0. The third-order valence-corrected chi connectivity index (χ3v) is 3.58. The summed E-state index contributed by atoms with van der Waals surface area (Å²) in [6.07, 6.45) is 0. The molecule has 0 aliphatic heterocycles. The first kappa shape index (κ1) is 13.3. The minimum absolute atomic E-state index is 0.00818. The number of carboxylic acid groups (broad SMARTS) is 1. The molecule has 3 aromatic rings. The average Bonchev–Trinajstić information content (AvgIpc) is 2.98. The van der Waals surface area contributed by atoms with Crippen LogP contribution in [0, 0.1) is 13.8 Å². The highest BCUT2D eigenvalue weighted by Crippen LogP contribution is 2.26. The number of nitrogens with one attached hydrogen (secondary N) is 1. The molecule has 0 fully saturated rings. The summed E-state index contributed by atoms with van der Waals surface area (Å²) in [5, 5.41) is 10.1. The summed E-state index contributed by atoms with van der Waals surface area (Å²) < 4.78 is 7.38. The van der Waals surface area contributed by atoms with E-state index in [2.05, 4.69) is 5.43 Å². The number of para-hydroxylation sites is 1. The Morgan fingerprint density at radius 2 is 1.86 bits per heavy atom. The second-order valence-corrected chi connectivity index (χ2v) is 5.00. The van der Waals surface area contributed by atoms with E-state index in [0.29, 0.717) is 17.7 Å². The lowest BCUT2D eigenvalue weighted by Gasteiger charge is -2.12. The van der Waals surface area contributed by atoms with Gasteiger partial charge in [0.1, 0.15) is 5.58 Å². The number of carboxylic acids is 1. The second-order valence-electron chi connectivity index (χ2n) is 5.00. The second kappa shape index (κ2) is 5.01. The first-order valence-electron chi connectivity index (χ1n) is 6.70. The predicted octanol–water partition coefficient (Wildman–Crippen LogP) is 3.29. The Bertz CT molecular complexity index is 795. The number of hydrogen-bond acceptors (Lipinski definition) is 3. The zero-order valence-electron chi connectivity index (χ0n) is 11.9. The Morgan fingerprint density at radius 1 is 1.19 bits per heavy atom. The van der Waals surface area contributed by atoms with Gasteiger partial charge in [-0.05, 0) is 32.0 Å². The van der Waals surface area contributed by atoms with Crippen LogP contribution in [0.25, 0.3) is 11.0 Å². The van der Waals surface area contributed by atoms with Crippen molar-refractivity contribution in [2.24, 2.45) is 0 Å². The maximum Gasteiger partial charge on any atom is 0.372 e. The summed E-state index contributed by atoms with van der Waals surface area (Å²) in [5.74, 6) is -1.06. The average molecular weight is 284 g/mol. The van der Waals surface area contributed by atoms with Gasteiger partial charge in [-0.15, -0.1) is 0 Å². The van der Waals surface area contributed by atoms with Gasteiger partial charge in [0, 0.05) is 22.3 Å². The monoisotopic (exact) mass is 284 g/mol. The van der Waals surface area contributed by atoms with Crippen LogP contribution in [0.3, 0.4) is 0 Å². The Hall–Kier alpha value is -2.69. The molecular weight excluding hydrogens is 268 g/mol. The van der Waals surface area contributed by atoms with Crippen LogP contribution in [0.5, 0.6) is 0 Å². The molecule has 0 aliphatic carbocycles. The molecule has 0 aliphatic rings. The van der Waals surface area contributed by atoms with Gasteiger partial charge in [0.05, 0.1) is 6.54 Å². The Balaban J connectivity index is 1.99. The molecule has 0 saturated carbocycles. The fraction of sp³-hybridized carbons (Fsp3) is 0.188. The highest BCUT2D eigenvalue weighted by atomic mass is 16.4. The third kappa shape index (κ3) is 2.27. The van der Waals surface area contributed by atoms with E-state index < -0.39 is 5.97 Å². The van der Waals surface area contributed by atoms with Gasteiger partial charge in [-0.3, -0.25) is 4.68 Å². The molecule has 2 N–H and O–H groups in total. The number of carbonyl (C=O) groups is 1. The lowest BCUT2D eigenvalue weighted by Crippen LogP contribution is -2.18. The molecule has 0 amide bonds. The quantitative estimate of drug-likeness (QED) is 0.771. The van der Waals surface area contributed by atoms with Crippen molar-refractivity contribution in [2.45, 2.75) is 20.4 Å². The van der Waals surface area contributed by atoms with Crippen molar-refractivity contribution >= 4 is 16.9 Å². The lowest BCUT2D eigenvalue weighted by atomic mass is 10.1. The molecule has 1 aromatic carbocycles. The fourth-order valence-electron chi connectivity index (χ4n) is 2.52. The molecule has 0 unspecified atom stereocenters. The van der Waals surface area contributed by atoms with Crippen LogP contribution in [0.1, 0.15) is 27.5 Å². The van der Waals surface area contributed by atoms with Gasteiger partial charge in [-0.1, -0.05) is 18.2 Å². The van der Waals surface area contributed by atoms with Crippen molar-refractivity contribution in [1.82, 2.24) is 4.68 Å². The summed E-state index contributed by atoms with van der Waals surface area (Å²) in [4.78, 5) is 11.4. The van der Waals surface area contributed by atoms with Crippen LogP contribution in [-0.4, -0.2) is 15.8 Å². The predicted molar refractivity (Wildman–Crippen MR) is 80.1 cm³/mol. The van der Waals surface area contributed by atoms with Crippen molar-refractivity contribution in [3.05, 3.63) is 59.1 Å². The molecular formula is C16H16N2O3. The van der Waals surface area contributed by atoms with Gasteiger partial charge < -0.3 is 14.9 Å². The van der Waals surface area contributed by atoms with E-state index in [4.69, 9.17) is 4.42 Å². The minimum Gasteiger partial charge on any atom is -0.475 e. The maximum atomic E-state index is 11.4. The Kier molecular flexibility index (Phi) is 3.17. The smallest absolute Gasteiger partial charge is 0.372 e. The van der Waals surface area contributed by atoms with Crippen LogP contribution in [0.15, 0.2) is 40.8 Å². The van der Waals surface area contributed by atoms with Gasteiger partial charge in [-0.25, -0.2) is 4.79 Å². The van der Waals surface area contributed by atoms with Crippen LogP contribution < -0.4 is 5.43 Å². The van der Waals surface area contributed by atoms with Crippen molar-refractivity contribution in [1.29, 1.82) is 0 Å². The van der Waals surface area contributed by atoms with E-state index >= 15 is 0 Å². The molecule has 21 heavy (non-hydrogen) atoms. The number of hydrogen-bond donors (Lipinski definition) is 2. The zero-order chi connectivity index (χ0) is 15.0. The highest BCUT2D eigenvalue weighted by molar-refractivity contribution is 5.95. The topological polar surface area (TPSA) is 67.4 Å². The standard InChI is InChI=1S/C16H16N2O3/c1-10-7-8-11(2)18(10)17-9-13-12-5-3-4-6-14(12)21-15(13)16(19)20/h3-8,17H,9H2,1-2H3,(H,19,20). The van der Waals surface area contributed by atoms with Gasteiger partial charge in [0.15, 0.2) is 0 Å². The Morgan fingerprint density at radius 3 is 2.52 bits per heavy atom. The Labute approximate surface area is 121 Å². The van der Waals surface area contributed by atoms with Crippen molar-refractivity contribution < 1.29 is 14.3 Å². The normalized spacial score (nSPS) is 11.0. The van der Waals surface area contributed by atoms with E-state index in [-0.39, 0.29) is 5.76 Å². The zero-order valence-corrected chi connectivity index (χ0v) is 11.9. The third-order valence-electron chi connectivity index (χ3n) is 3.58. The first-order chi connectivity index (χ1) is 10.1. The summed E-state index contributed by atoms with van der Waals surface area (Å²) in [5.41, 5.74) is 6.63. The molecule has 2 aromatic heterocycles. The molecule has 2 heterocycles. The van der Waals surface area contributed by atoms with Gasteiger partial charge in [-0.2, -0.15) is 0 Å². The number of fused-ring (bicyclic) bond motifs is 1. The molecule has 3 rings (SSSR count). The number of nitrogens with zero attached hydrogens (tertiary/aromatic N) is 1. The van der Waals surface area contributed by atoms with Crippen LogP contribution >= 0.6 is 0 Å². The van der Waals surface area contributed by atoms with Crippen LogP contribution in [0.4, 0.5) is 0 Å². The highest BCUT2D eigenvalue weighted by Gasteiger charge is 2.19. The molecule has 108 valence electrons. The molecule has 0 bridgehead atoms. The summed E-state index contributed by atoms with van der Waals surface area (Å²) in [7, 11) is 0. The summed E-state index contributed by atoms with van der Waals surface area (Å²) in [6.45, 7) is 4.37. The minimum atomic E-state index is -1.05. The van der Waals surface area contributed by atoms with Crippen molar-refractivity contribution in [3.8, 4) is 0 Å². The number of benzene rings is 1. The molecule has 5 nitrogen and oxygen atoms in total.